The molecule has 0 unspecified atom stereocenters. The third-order valence-electron chi connectivity index (χ3n) is 3.79. The quantitative estimate of drug-likeness (QED) is 0.179. The van der Waals surface area contributed by atoms with Crippen LogP contribution in [-0.2, 0) is 14.3 Å². The maximum atomic E-state index is 12.0. The number of hydrogen-bond acceptors (Lipinski definition) is 7. The predicted molar refractivity (Wildman–Crippen MR) is 89.7 cm³/mol. The fourth-order valence-corrected chi connectivity index (χ4v) is 2.37. The molecule has 10 nitrogen and oxygen atoms in total. The van der Waals surface area contributed by atoms with Crippen LogP contribution in [0.1, 0.15) is 6.42 Å². The summed E-state index contributed by atoms with van der Waals surface area (Å²) in [5, 5.41) is 13.8. The lowest BCUT2D eigenvalue weighted by atomic mass is 10.2. The van der Waals surface area contributed by atoms with E-state index in [9.17, 15) is 19.7 Å². The lowest BCUT2D eigenvalue weighted by Gasteiger charge is -2.26. The molecule has 0 radical (unpaired) electrons. The molecule has 136 valence electrons. The van der Waals surface area contributed by atoms with E-state index in [1.807, 2.05) is 0 Å². The standard InChI is InChI=1S/C15H21N5O5/c16-19(12-2-4-13(5-3-12)20(23)24)15(22)14(21)17-6-1-7-18-8-10-25-11-9-18/h2-5H,1,6-11,16H2,(H,17,21). The van der Waals surface area contributed by atoms with Crippen LogP contribution in [0.5, 0.6) is 0 Å². The van der Waals surface area contributed by atoms with Gasteiger partial charge in [-0.15, -0.1) is 0 Å². The first-order valence-corrected chi connectivity index (χ1v) is 7.90. The van der Waals surface area contributed by atoms with E-state index in [0.717, 1.165) is 19.6 Å². The average molecular weight is 351 g/mol. The van der Waals surface area contributed by atoms with Gasteiger partial charge in [-0.25, -0.2) is 10.9 Å². The highest BCUT2D eigenvalue weighted by molar-refractivity contribution is 6.40. The zero-order valence-electron chi connectivity index (χ0n) is 13.7. The number of non-ortho nitro benzene ring substituents is 1. The van der Waals surface area contributed by atoms with Gasteiger partial charge in [0.2, 0.25) is 0 Å². The molecule has 1 heterocycles. The third kappa shape index (κ3) is 5.48. The number of nitro groups is 1. The fraction of sp³-hybridized carbons (Fsp3) is 0.467. The van der Waals surface area contributed by atoms with Crippen LogP contribution in [0.3, 0.4) is 0 Å². The van der Waals surface area contributed by atoms with Gasteiger partial charge in [-0.2, -0.15) is 0 Å². The number of hydrogen-bond donors (Lipinski definition) is 2. The van der Waals surface area contributed by atoms with E-state index in [-0.39, 0.29) is 11.4 Å². The highest BCUT2D eigenvalue weighted by Gasteiger charge is 2.21. The smallest absolute Gasteiger partial charge is 0.330 e. The van der Waals surface area contributed by atoms with Gasteiger partial charge < -0.3 is 10.1 Å². The molecule has 3 N–H and O–H groups in total. The van der Waals surface area contributed by atoms with Crippen LogP contribution in [-0.4, -0.2) is 61.0 Å². The number of amides is 2. The number of nitrogens with two attached hydrogens (primary N) is 1. The zero-order chi connectivity index (χ0) is 18.2. The van der Waals surface area contributed by atoms with Crippen molar-refractivity contribution in [1.82, 2.24) is 10.2 Å². The Morgan fingerprint density at radius 3 is 2.52 bits per heavy atom. The number of anilines is 1. The van der Waals surface area contributed by atoms with E-state index in [4.69, 9.17) is 10.6 Å². The van der Waals surface area contributed by atoms with Crippen molar-refractivity contribution in [2.24, 2.45) is 5.84 Å². The van der Waals surface area contributed by atoms with Crippen molar-refractivity contribution in [1.29, 1.82) is 0 Å². The number of nitrogens with one attached hydrogen (secondary N) is 1. The molecule has 1 aromatic rings. The first-order chi connectivity index (χ1) is 12.0. The molecule has 0 spiro atoms. The van der Waals surface area contributed by atoms with Crippen molar-refractivity contribution in [2.75, 3.05) is 44.4 Å². The Bertz CT molecular complexity index is 615. The van der Waals surface area contributed by atoms with Crippen LogP contribution in [0.25, 0.3) is 0 Å². The van der Waals surface area contributed by atoms with Gasteiger partial charge in [-0.1, -0.05) is 0 Å². The maximum Gasteiger partial charge on any atom is 0.330 e. The van der Waals surface area contributed by atoms with E-state index in [1.54, 1.807) is 0 Å². The predicted octanol–water partition coefficient (Wildman–Crippen LogP) is -0.360. The summed E-state index contributed by atoms with van der Waals surface area (Å²) in [5.74, 6) is 3.87. The van der Waals surface area contributed by atoms with Gasteiger partial charge in [-0.05, 0) is 25.1 Å². The summed E-state index contributed by atoms with van der Waals surface area (Å²) in [7, 11) is 0. The van der Waals surface area contributed by atoms with Crippen molar-refractivity contribution in [3.63, 3.8) is 0 Å². The molecule has 1 aliphatic heterocycles. The summed E-state index contributed by atoms with van der Waals surface area (Å²) in [5.41, 5.74) is 0.0660. The molecule has 0 bridgehead atoms. The monoisotopic (exact) mass is 351 g/mol. The molecule has 0 saturated carbocycles. The number of carbonyl (C=O) groups is 2. The zero-order valence-corrected chi connectivity index (χ0v) is 13.7. The summed E-state index contributed by atoms with van der Waals surface area (Å²) < 4.78 is 5.25. The van der Waals surface area contributed by atoms with Crippen LogP contribution >= 0.6 is 0 Å². The first kappa shape index (κ1) is 18.8. The minimum atomic E-state index is -0.930. The summed E-state index contributed by atoms with van der Waals surface area (Å²) in [6, 6.07) is 5.04. The summed E-state index contributed by atoms with van der Waals surface area (Å²) in [6.45, 7) is 4.32. The number of hydrazine groups is 1. The van der Waals surface area contributed by atoms with Crippen molar-refractivity contribution < 1.29 is 19.2 Å². The lowest BCUT2D eigenvalue weighted by Crippen LogP contribution is -2.47. The molecular formula is C15H21N5O5. The molecule has 2 amide bonds. The fourth-order valence-electron chi connectivity index (χ4n) is 2.37. The number of nitro benzene ring substituents is 1. The Morgan fingerprint density at radius 1 is 1.28 bits per heavy atom. The van der Waals surface area contributed by atoms with E-state index in [0.29, 0.717) is 31.2 Å². The van der Waals surface area contributed by atoms with Crippen LogP contribution in [0, 0.1) is 10.1 Å². The van der Waals surface area contributed by atoms with E-state index < -0.39 is 16.7 Å². The van der Waals surface area contributed by atoms with Crippen LogP contribution < -0.4 is 16.2 Å². The van der Waals surface area contributed by atoms with Gasteiger partial charge in [0.15, 0.2) is 0 Å². The maximum absolute atomic E-state index is 12.0. The molecule has 1 aliphatic rings. The Kier molecular flexibility index (Phi) is 6.81. The third-order valence-corrected chi connectivity index (χ3v) is 3.79. The average Bonchev–Trinajstić information content (AvgIpc) is 2.64. The van der Waals surface area contributed by atoms with E-state index in [1.165, 1.54) is 24.3 Å². The van der Waals surface area contributed by atoms with Gasteiger partial charge >= 0.3 is 11.8 Å². The number of rotatable bonds is 6. The minimum Gasteiger partial charge on any atom is -0.379 e. The van der Waals surface area contributed by atoms with Crippen LogP contribution in [0.2, 0.25) is 0 Å². The summed E-state index contributed by atoms with van der Waals surface area (Å²) in [6.07, 6.45) is 0.709. The normalized spacial score (nSPS) is 14.8. The largest absolute Gasteiger partial charge is 0.379 e. The molecule has 1 aromatic carbocycles. The molecule has 0 aliphatic carbocycles. The van der Waals surface area contributed by atoms with Crippen LogP contribution in [0.4, 0.5) is 11.4 Å². The highest BCUT2D eigenvalue weighted by Crippen LogP contribution is 2.17. The van der Waals surface area contributed by atoms with Crippen molar-refractivity contribution in [3.8, 4) is 0 Å². The van der Waals surface area contributed by atoms with Gasteiger partial charge in [0.1, 0.15) is 0 Å². The lowest BCUT2D eigenvalue weighted by molar-refractivity contribution is -0.384. The minimum absolute atomic E-state index is 0.128. The molecule has 1 saturated heterocycles. The Balaban J connectivity index is 1.76. The molecular weight excluding hydrogens is 330 g/mol. The Labute approximate surface area is 144 Å². The molecule has 2 rings (SSSR count). The molecule has 10 heteroatoms. The van der Waals surface area contributed by atoms with E-state index >= 15 is 0 Å². The van der Waals surface area contributed by atoms with Gasteiger partial charge in [0, 0.05) is 31.8 Å². The molecule has 0 aromatic heterocycles. The Morgan fingerprint density at radius 2 is 1.92 bits per heavy atom. The second-order valence-electron chi connectivity index (χ2n) is 5.51. The Hall–Kier alpha value is -2.56. The molecule has 25 heavy (non-hydrogen) atoms. The van der Waals surface area contributed by atoms with Gasteiger partial charge in [0.05, 0.1) is 23.8 Å². The molecule has 1 fully saturated rings. The summed E-state index contributed by atoms with van der Waals surface area (Å²) >= 11 is 0. The number of nitrogens with zero attached hydrogens (tertiary/aromatic N) is 3. The number of carbonyl (C=O) groups excluding carboxylic acids is 2. The number of ether oxygens (including phenoxy) is 1. The SMILES string of the molecule is NN(C(=O)C(=O)NCCCN1CCOCC1)c1ccc([N+](=O)[O-])cc1. The molecule has 0 atom stereocenters. The second kappa shape index (κ2) is 9.06. The van der Waals surface area contributed by atoms with Gasteiger partial charge in [0.25, 0.3) is 5.69 Å². The van der Waals surface area contributed by atoms with Crippen molar-refractivity contribution in [3.05, 3.63) is 34.4 Å². The number of benzene rings is 1. The van der Waals surface area contributed by atoms with Crippen molar-refractivity contribution in [2.45, 2.75) is 6.42 Å². The topological polar surface area (TPSA) is 131 Å². The second-order valence-corrected chi connectivity index (χ2v) is 5.51. The van der Waals surface area contributed by atoms with E-state index in [2.05, 4.69) is 10.2 Å². The number of morpholine rings is 1. The first-order valence-electron chi connectivity index (χ1n) is 7.90. The van der Waals surface area contributed by atoms with Crippen LogP contribution in [0.15, 0.2) is 24.3 Å². The summed E-state index contributed by atoms with van der Waals surface area (Å²) in [4.78, 5) is 36.1. The van der Waals surface area contributed by atoms with Crippen molar-refractivity contribution >= 4 is 23.2 Å². The van der Waals surface area contributed by atoms with Gasteiger partial charge in [-0.3, -0.25) is 24.6 Å². The highest BCUT2D eigenvalue weighted by atomic mass is 16.6.